The minimum atomic E-state index is 0.352. The number of aromatic nitrogens is 1. The van der Waals surface area contributed by atoms with E-state index in [0.717, 1.165) is 42.6 Å². The fourth-order valence-corrected chi connectivity index (χ4v) is 3.00. The molecule has 5 nitrogen and oxygen atoms in total. The Morgan fingerprint density at radius 2 is 2.12 bits per heavy atom. The Morgan fingerprint density at radius 3 is 2.79 bits per heavy atom. The number of nitrogens with zero attached hydrogens (tertiary/aromatic N) is 3. The van der Waals surface area contributed by atoms with Gasteiger partial charge in [-0.15, -0.1) is 0 Å². The van der Waals surface area contributed by atoms with Gasteiger partial charge in [0.15, 0.2) is 11.7 Å². The Kier molecular flexibility index (Phi) is 4.88. The first-order valence-electron chi connectivity index (χ1n) is 8.62. The maximum absolute atomic E-state index is 5.45. The summed E-state index contributed by atoms with van der Waals surface area (Å²) in [4.78, 5) is 7.08. The van der Waals surface area contributed by atoms with Crippen LogP contribution in [-0.4, -0.2) is 35.7 Å². The molecule has 1 fully saturated rings. The van der Waals surface area contributed by atoms with Crippen molar-refractivity contribution >= 4 is 5.96 Å². The molecule has 0 unspecified atom stereocenters. The van der Waals surface area contributed by atoms with Crippen LogP contribution in [0.2, 0.25) is 0 Å². The van der Waals surface area contributed by atoms with Crippen molar-refractivity contribution in [2.24, 2.45) is 10.4 Å². The van der Waals surface area contributed by atoms with Gasteiger partial charge in [0, 0.05) is 31.3 Å². The SMILES string of the molecule is CCNC(=NCc1cc(-c2ccccc2)on1)N1CCC(C)(C)C1. The minimum absolute atomic E-state index is 0.352. The van der Waals surface area contributed by atoms with Crippen molar-refractivity contribution in [3.05, 3.63) is 42.1 Å². The predicted octanol–water partition coefficient (Wildman–Crippen LogP) is 3.54. The van der Waals surface area contributed by atoms with Crippen LogP contribution in [0.15, 0.2) is 45.9 Å². The third kappa shape index (κ3) is 3.96. The van der Waals surface area contributed by atoms with Crippen LogP contribution in [0.3, 0.4) is 0 Å². The zero-order chi connectivity index (χ0) is 17.0. The Morgan fingerprint density at radius 1 is 1.33 bits per heavy atom. The molecule has 1 N–H and O–H groups in total. The van der Waals surface area contributed by atoms with E-state index in [2.05, 4.69) is 36.1 Å². The van der Waals surface area contributed by atoms with Crippen molar-refractivity contribution in [1.29, 1.82) is 0 Å². The number of hydrogen-bond donors (Lipinski definition) is 1. The van der Waals surface area contributed by atoms with Gasteiger partial charge in [0.05, 0.1) is 6.54 Å². The predicted molar refractivity (Wildman–Crippen MR) is 96.7 cm³/mol. The van der Waals surface area contributed by atoms with Crippen molar-refractivity contribution in [3.63, 3.8) is 0 Å². The van der Waals surface area contributed by atoms with Gasteiger partial charge in [-0.3, -0.25) is 0 Å². The summed E-state index contributed by atoms with van der Waals surface area (Å²) in [6.07, 6.45) is 1.19. The van der Waals surface area contributed by atoms with Crippen molar-refractivity contribution in [3.8, 4) is 11.3 Å². The Bertz CT molecular complexity index is 690. The van der Waals surface area contributed by atoms with Gasteiger partial charge in [-0.1, -0.05) is 49.3 Å². The van der Waals surface area contributed by atoms with Crippen LogP contribution in [-0.2, 0) is 6.54 Å². The molecule has 1 saturated heterocycles. The van der Waals surface area contributed by atoms with Crippen LogP contribution in [0.5, 0.6) is 0 Å². The molecule has 0 aliphatic carbocycles. The number of guanidine groups is 1. The number of rotatable bonds is 4. The summed E-state index contributed by atoms with van der Waals surface area (Å²) in [6.45, 7) is 10.2. The van der Waals surface area contributed by atoms with Crippen LogP contribution < -0.4 is 5.32 Å². The second kappa shape index (κ2) is 7.07. The third-order valence-electron chi connectivity index (χ3n) is 4.32. The number of aliphatic imine (C=N–C) groups is 1. The van der Waals surface area contributed by atoms with Crippen molar-refractivity contribution in [2.45, 2.75) is 33.7 Å². The average molecular weight is 326 g/mol. The average Bonchev–Trinajstić information content (AvgIpc) is 3.19. The first-order chi connectivity index (χ1) is 11.6. The second-order valence-corrected chi connectivity index (χ2v) is 7.05. The van der Waals surface area contributed by atoms with Gasteiger partial charge in [0.25, 0.3) is 0 Å². The zero-order valence-electron chi connectivity index (χ0n) is 14.7. The molecule has 0 amide bonds. The van der Waals surface area contributed by atoms with Crippen molar-refractivity contribution in [1.82, 2.24) is 15.4 Å². The second-order valence-electron chi connectivity index (χ2n) is 7.05. The molecule has 2 aromatic rings. The third-order valence-corrected chi connectivity index (χ3v) is 4.32. The molecule has 0 spiro atoms. The first kappa shape index (κ1) is 16.6. The van der Waals surface area contributed by atoms with Gasteiger partial charge >= 0.3 is 0 Å². The van der Waals surface area contributed by atoms with Gasteiger partial charge in [0.1, 0.15) is 5.69 Å². The quantitative estimate of drug-likeness (QED) is 0.690. The maximum atomic E-state index is 5.45. The highest BCUT2D eigenvalue weighted by Crippen LogP contribution is 2.28. The van der Waals surface area contributed by atoms with Gasteiger partial charge in [-0.25, -0.2) is 4.99 Å². The van der Waals surface area contributed by atoms with Gasteiger partial charge < -0.3 is 14.7 Å². The van der Waals surface area contributed by atoms with E-state index in [0.29, 0.717) is 12.0 Å². The molecule has 24 heavy (non-hydrogen) atoms. The molecule has 128 valence electrons. The topological polar surface area (TPSA) is 53.7 Å². The van der Waals surface area contributed by atoms with Gasteiger partial charge in [0.2, 0.25) is 0 Å². The summed E-state index contributed by atoms with van der Waals surface area (Å²) < 4.78 is 5.45. The lowest BCUT2D eigenvalue weighted by molar-refractivity contribution is 0.370. The summed E-state index contributed by atoms with van der Waals surface area (Å²) in [5.74, 6) is 1.75. The highest BCUT2D eigenvalue weighted by atomic mass is 16.5. The standard InChI is InChI=1S/C19H26N4O/c1-4-20-18(23-11-10-19(2,3)14-23)21-13-16-12-17(24-22-16)15-8-6-5-7-9-15/h5-9,12H,4,10-11,13-14H2,1-3H3,(H,20,21). The van der Waals surface area contributed by atoms with Gasteiger partial charge in [-0.05, 0) is 18.8 Å². The molecular formula is C19H26N4O. The molecule has 0 radical (unpaired) electrons. The lowest BCUT2D eigenvalue weighted by atomic mass is 9.93. The van der Waals surface area contributed by atoms with E-state index in [9.17, 15) is 0 Å². The molecule has 0 bridgehead atoms. The van der Waals surface area contributed by atoms with E-state index in [1.807, 2.05) is 36.4 Å². The Labute approximate surface area is 143 Å². The Balaban J connectivity index is 1.70. The molecular weight excluding hydrogens is 300 g/mol. The number of likely N-dealkylation sites (tertiary alicyclic amines) is 1. The summed E-state index contributed by atoms with van der Waals surface area (Å²) in [7, 11) is 0. The number of hydrogen-bond acceptors (Lipinski definition) is 3. The van der Waals surface area contributed by atoms with Crippen molar-refractivity contribution < 1.29 is 4.52 Å². The largest absolute Gasteiger partial charge is 0.357 e. The summed E-state index contributed by atoms with van der Waals surface area (Å²) in [6, 6.07) is 12.0. The highest BCUT2D eigenvalue weighted by molar-refractivity contribution is 5.80. The molecule has 3 rings (SSSR count). The van der Waals surface area contributed by atoms with Crippen LogP contribution in [0, 0.1) is 5.41 Å². The Hall–Kier alpha value is -2.30. The van der Waals surface area contributed by atoms with E-state index in [1.165, 1.54) is 6.42 Å². The van der Waals surface area contributed by atoms with E-state index in [4.69, 9.17) is 9.52 Å². The molecule has 2 heterocycles. The van der Waals surface area contributed by atoms with E-state index in [1.54, 1.807) is 0 Å². The van der Waals surface area contributed by atoms with E-state index in [-0.39, 0.29) is 0 Å². The van der Waals surface area contributed by atoms with Crippen LogP contribution >= 0.6 is 0 Å². The summed E-state index contributed by atoms with van der Waals surface area (Å²) in [5.41, 5.74) is 2.24. The van der Waals surface area contributed by atoms with Gasteiger partial charge in [-0.2, -0.15) is 0 Å². The number of benzene rings is 1. The molecule has 1 aromatic heterocycles. The minimum Gasteiger partial charge on any atom is -0.357 e. The normalized spacial score (nSPS) is 17.3. The van der Waals surface area contributed by atoms with Crippen LogP contribution in [0.25, 0.3) is 11.3 Å². The monoisotopic (exact) mass is 326 g/mol. The number of nitrogens with one attached hydrogen (secondary N) is 1. The molecule has 1 aromatic carbocycles. The fraction of sp³-hybridized carbons (Fsp3) is 0.474. The summed E-state index contributed by atoms with van der Waals surface area (Å²) in [5, 5.41) is 7.54. The molecule has 0 atom stereocenters. The molecule has 0 saturated carbocycles. The van der Waals surface area contributed by atoms with Crippen LogP contribution in [0.4, 0.5) is 0 Å². The fourth-order valence-electron chi connectivity index (χ4n) is 3.00. The molecule has 1 aliphatic rings. The lowest BCUT2D eigenvalue weighted by Crippen LogP contribution is -2.40. The maximum Gasteiger partial charge on any atom is 0.194 e. The lowest BCUT2D eigenvalue weighted by Gasteiger charge is -2.23. The van der Waals surface area contributed by atoms with Crippen LogP contribution in [0.1, 0.15) is 32.9 Å². The van der Waals surface area contributed by atoms with E-state index >= 15 is 0 Å². The smallest absolute Gasteiger partial charge is 0.194 e. The zero-order valence-corrected chi connectivity index (χ0v) is 14.7. The van der Waals surface area contributed by atoms with E-state index < -0.39 is 0 Å². The molecule has 1 aliphatic heterocycles. The van der Waals surface area contributed by atoms with Crippen molar-refractivity contribution in [2.75, 3.05) is 19.6 Å². The first-order valence-corrected chi connectivity index (χ1v) is 8.62. The summed E-state index contributed by atoms with van der Waals surface area (Å²) >= 11 is 0. The molecule has 5 heteroatoms. The highest BCUT2D eigenvalue weighted by Gasteiger charge is 2.30.